The number of fused-ring (bicyclic) bond motifs is 1. The van der Waals surface area contributed by atoms with Gasteiger partial charge in [-0.1, -0.05) is 0 Å². The van der Waals surface area contributed by atoms with Crippen molar-refractivity contribution >= 4 is 46.1 Å². The first-order chi connectivity index (χ1) is 15.9. The Morgan fingerprint density at radius 2 is 1.91 bits per heavy atom. The number of rotatable bonds is 7. The lowest BCUT2D eigenvalue weighted by molar-refractivity contribution is -0.144. The second-order valence-corrected chi connectivity index (χ2v) is 8.20. The first kappa shape index (κ1) is 22.6. The highest BCUT2D eigenvalue weighted by molar-refractivity contribution is 5.91. The van der Waals surface area contributed by atoms with Gasteiger partial charge in [0.25, 0.3) is 0 Å². The molecule has 1 N–H and O–H groups in total. The van der Waals surface area contributed by atoms with Gasteiger partial charge in [-0.2, -0.15) is 4.98 Å². The summed E-state index contributed by atoms with van der Waals surface area (Å²) in [5, 5.41) is 3.25. The largest absolute Gasteiger partial charge is 0.466 e. The fourth-order valence-electron chi connectivity index (χ4n) is 4.00. The molecule has 33 heavy (non-hydrogen) atoms. The topological polar surface area (TPSA) is 101 Å². The first-order valence-corrected chi connectivity index (χ1v) is 11.2. The van der Waals surface area contributed by atoms with Crippen LogP contribution in [-0.2, 0) is 14.3 Å². The van der Waals surface area contributed by atoms with Crippen LogP contribution in [-0.4, -0.2) is 48.6 Å². The van der Waals surface area contributed by atoms with Gasteiger partial charge >= 0.3 is 5.97 Å². The number of nitrogens with one attached hydrogen (secondary N) is 1. The molecule has 1 amide bonds. The summed E-state index contributed by atoms with van der Waals surface area (Å²) in [6.45, 7) is 5.34. The highest BCUT2D eigenvalue weighted by Crippen LogP contribution is 2.31. The second-order valence-electron chi connectivity index (χ2n) is 8.20. The number of ether oxygens (including phenoxy) is 1. The van der Waals surface area contributed by atoms with E-state index in [1.165, 1.54) is 6.92 Å². The number of furan rings is 1. The van der Waals surface area contributed by atoms with Gasteiger partial charge in [0.05, 0.1) is 12.9 Å². The molecule has 0 radical (unpaired) electrons. The molecular weight excluding hydrogens is 422 g/mol. The average Bonchev–Trinajstić information content (AvgIpc) is 3.28. The number of aromatic nitrogens is 2. The molecule has 0 saturated carbocycles. The predicted molar refractivity (Wildman–Crippen MR) is 127 cm³/mol. The Hall–Kier alpha value is -3.62. The molecule has 1 saturated heterocycles. The molecule has 0 atom stereocenters. The molecule has 1 aliphatic heterocycles. The number of benzene rings is 1. The third kappa shape index (κ3) is 5.24. The summed E-state index contributed by atoms with van der Waals surface area (Å²) < 4.78 is 10.8. The van der Waals surface area contributed by atoms with Crippen molar-refractivity contribution in [3.05, 3.63) is 36.6 Å². The van der Waals surface area contributed by atoms with Gasteiger partial charge in [-0.3, -0.25) is 9.59 Å². The van der Waals surface area contributed by atoms with Crippen molar-refractivity contribution in [3.8, 4) is 0 Å². The van der Waals surface area contributed by atoms with E-state index < -0.39 is 0 Å². The van der Waals surface area contributed by atoms with Gasteiger partial charge in [-0.15, -0.1) is 0 Å². The Kier molecular flexibility index (Phi) is 6.76. The van der Waals surface area contributed by atoms with Crippen LogP contribution in [0.2, 0.25) is 0 Å². The number of carbonyl (C=O) groups is 2. The molecule has 0 aliphatic carbocycles. The van der Waals surface area contributed by atoms with E-state index in [2.05, 4.69) is 15.2 Å². The molecule has 0 unspecified atom stereocenters. The van der Waals surface area contributed by atoms with E-state index in [0.29, 0.717) is 30.5 Å². The van der Waals surface area contributed by atoms with E-state index in [0.717, 1.165) is 48.6 Å². The van der Waals surface area contributed by atoms with Crippen molar-refractivity contribution in [2.75, 3.05) is 41.9 Å². The van der Waals surface area contributed by atoms with Crippen LogP contribution in [0.25, 0.3) is 11.1 Å². The summed E-state index contributed by atoms with van der Waals surface area (Å²) in [7, 11) is 1.74. The number of carbonyl (C=O) groups excluding carboxylic acids is 2. The number of nitrogens with zero attached hydrogens (tertiary/aromatic N) is 4. The van der Waals surface area contributed by atoms with Crippen molar-refractivity contribution in [1.29, 1.82) is 0 Å². The van der Waals surface area contributed by atoms with Gasteiger partial charge < -0.3 is 24.3 Å². The van der Waals surface area contributed by atoms with Crippen molar-refractivity contribution in [1.82, 2.24) is 9.97 Å². The summed E-state index contributed by atoms with van der Waals surface area (Å²) >= 11 is 0. The van der Waals surface area contributed by atoms with Crippen LogP contribution >= 0.6 is 0 Å². The molecule has 3 aromatic rings. The van der Waals surface area contributed by atoms with Crippen molar-refractivity contribution < 1.29 is 18.7 Å². The number of hydrogen-bond donors (Lipinski definition) is 1. The number of esters is 1. The Labute approximate surface area is 192 Å². The van der Waals surface area contributed by atoms with Gasteiger partial charge in [-0.25, -0.2) is 4.98 Å². The standard InChI is InChI=1S/C24H29N5O4/c1-4-32-21(31)15-17-9-12-29(13-10-17)23-22-20(11-14-33-22)26-24(27-23)25-18-5-7-19(8-6-18)28(3)16(2)30/h5-8,11,14,17H,4,9-10,12-13,15H2,1-3H3,(H,25,26,27). The summed E-state index contributed by atoms with van der Waals surface area (Å²) in [4.78, 5) is 36.5. The molecule has 2 aromatic heterocycles. The zero-order chi connectivity index (χ0) is 23.4. The molecule has 9 nitrogen and oxygen atoms in total. The summed E-state index contributed by atoms with van der Waals surface area (Å²) in [6.07, 6.45) is 3.85. The smallest absolute Gasteiger partial charge is 0.306 e. The van der Waals surface area contributed by atoms with Gasteiger partial charge in [-0.05, 0) is 49.9 Å². The zero-order valence-corrected chi connectivity index (χ0v) is 19.2. The number of piperidine rings is 1. The molecule has 1 fully saturated rings. The van der Waals surface area contributed by atoms with E-state index in [-0.39, 0.29) is 11.9 Å². The molecule has 3 heterocycles. The summed E-state index contributed by atoms with van der Waals surface area (Å²) in [5.74, 6) is 1.38. The fraction of sp³-hybridized carbons (Fsp3) is 0.417. The molecule has 0 spiro atoms. The Morgan fingerprint density at radius 3 is 2.58 bits per heavy atom. The maximum absolute atomic E-state index is 11.8. The van der Waals surface area contributed by atoms with Crippen LogP contribution in [0, 0.1) is 5.92 Å². The average molecular weight is 452 g/mol. The van der Waals surface area contributed by atoms with E-state index in [9.17, 15) is 9.59 Å². The summed E-state index contributed by atoms with van der Waals surface area (Å²) in [5.41, 5.74) is 3.01. The third-order valence-electron chi connectivity index (χ3n) is 5.94. The monoisotopic (exact) mass is 451 g/mol. The van der Waals surface area contributed by atoms with Gasteiger partial charge in [0, 0.05) is 50.9 Å². The van der Waals surface area contributed by atoms with Crippen LogP contribution in [0.4, 0.5) is 23.1 Å². The zero-order valence-electron chi connectivity index (χ0n) is 19.2. The van der Waals surface area contributed by atoms with Crippen molar-refractivity contribution in [3.63, 3.8) is 0 Å². The Balaban J connectivity index is 1.49. The lowest BCUT2D eigenvalue weighted by Crippen LogP contribution is -2.35. The van der Waals surface area contributed by atoms with Gasteiger partial charge in [0.2, 0.25) is 11.9 Å². The maximum Gasteiger partial charge on any atom is 0.306 e. The molecular formula is C24H29N5O4. The second kappa shape index (κ2) is 9.89. The number of hydrogen-bond acceptors (Lipinski definition) is 8. The molecule has 1 aliphatic rings. The van der Waals surface area contributed by atoms with E-state index in [1.807, 2.05) is 37.3 Å². The fourth-order valence-corrected chi connectivity index (χ4v) is 4.00. The van der Waals surface area contributed by atoms with Crippen LogP contribution in [0.15, 0.2) is 41.0 Å². The molecule has 174 valence electrons. The van der Waals surface area contributed by atoms with Gasteiger partial charge in [0.1, 0.15) is 5.52 Å². The van der Waals surface area contributed by atoms with Crippen molar-refractivity contribution in [2.24, 2.45) is 5.92 Å². The minimum absolute atomic E-state index is 0.0277. The lowest BCUT2D eigenvalue weighted by Gasteiger charge is -2.32. The molecule has 1 aromatic carbocycles. The van der Waals surface area contributed by atoms with E-state index >= 15 is 0 Å². The van der Waals surface area contributed by atoms with Crippen molar-refractivity contribution in [2.45, 2.75) is 33.1 Å². The maximum atomic E-state index is 11.8. The Morgan fingerprint density at radius 1 is 1.18 bits per heavy atom. The number of amides is 1. The van der Waals surface area contributed by atoms with E-state index in [4.69, 9.17) is 14.1 Å². The van der Waals surface area contributed by atoms with E-state index in [1.54, 1.807) is 18.2 Å². The van der Waals surface area contributed by atoms with Crippen LogP contribution in [0.5, 0.6) is 0 Å². The normalized spacial score (nSPS) is 14.3. The quantitative estimate of drug-likeness (QED) is 0.536. The van der Waals surface area contributed by atoms with Crippen LogP contribution < -0.4 is 15.1 Å². The molecule has 4 rings (SSSR count). The van der Waals surface area contributed by atoms with Crippen LogP contribution in [0.1, 0.15) is 33.1 Å². The first-order valence-electron chi connectivity index (χ1n) is 11.2. The highest BCUT2D eigenvalue weighted by Gasteiger charge is 2.25. The van der Waals surface area contributed by atoms with Gasteiger partial charge in [0.15, 0.2) is 11.4 Å². The van der Waals surface area contributed by atoms with Crippen LogP contribution in [0.3, 0.4) is 0 Å². The highest BCUT2D eigenvalue weighted by atomic mass is 16.5. The third-order valence-corrected chi connectivity index (χ3v) is 5.94. The lowest BCUT2D eigenvalue weighted by atomic mass is 9.93. The Bertz CT molecular complexity index is 1120. The minimum Gasteiger partial charge on any atom is -0.466 e. The molecule has 0 bridgehead atoms. The summed E-state index contributed by atoms with van der Waals surface area (Å²) in [6, 6.07) is 9.34. The minimum atomic E-state index is -0.126. The SMILES string of the molecule is CCOC(=O)CC1CCN(c2nc(Nc3ccc(N(C)C(C)=O)cc3)nc3ccoc23)CC1. The predicted octanol–water partition coefficient (Wildman–Crippen LogP) is 4.12. The molecule has 9 heteroatoms. The number of anilines is 4.